The fraction of sp³-hybridized carbons (Fsp3) is 0.0417. The fourth-order valence-corrected chi connectivity index (χ4v) is 12.6. The first-order chi connectivity index (χ1) is 25.0. The van der Waals surface area contributed by atoms with Gasteiger partial charge in [-0.3, -0.25) is 0 Å². The van der Waals surface area contributed by atoms with Crippen molar-refractivity contribution in [1.29, 1.82) is 0 Å². The highest BCUT2D eigenvalue weighted by atomic mass is 32.1. The van der Waals surface area contributed by atoms with Crippen LogP contribution in [-0.2, 0) is 0 Å². The molecule has 1 aromatic heterocycles. The Hall–Kier alpha value is -5.74. The molecule has 0 spiro atoms. The molecular formula is C48H35NSSi. The van der Waals surface area contributed by atoms with Gasteiger partial charge in [-0.25, -0.2) is 0 Å². The van der Waals surface area contributed by atoms with E-state index in [4.69, 9.17) is 0 Å². The highest BCUT2D eigenvalue weighted by Gasteiger charge is 2.39. The Morgan fingerprint density at radius 2 is 1.10 bits per heavy atom. The summed E-state index contributed by atoms with van der Waals surface area (Å²) in [6, 6.07) is 65.1. The molecule has 10 rings (SSSR count). The average molecular weight is 686 g/mol. The number of anilines is 3. The van der Waals surface area contributed by atoms with E-state index in [1.165, 1.54) is 75.2 Å². The van der Waals surface area contributed by atoms with Crippen molar-refractivity contribution in [3.8, 4) is 33.4 Å². The molecule has 8 aromatic carbocycles. The normalized spacial score (nSPS) is 13.1. The molecule has 0 aliphatic carbocycles. The van der Waals surface area contributed by atoms with E-state index in [1.807, 2.05) is 11.3 Å². The van der Waals surface area contributed by atoms with Crippen LogP contribution in [-0.4, -0.2) is 8.07 Å². The predicted molar refractivity (Wildman–Crippen MR) is 225 cm³/mol. The van der Waals surface area contributed by atoms with Gasteiger partial charge in [-0.05, 0) is 103 Å². The van der Waals surface area contributed by atoms with E-state index in [-0.39, 0.29) is 0 Å². The van der Waals surface area contributed by atoms with Crippen molar-refractivity contribution >= 4 is 77.8 Å². The maximum absolute atomic E-state index is 2.53. The lowest BCUT2D eigenvalue weighted by atomic mass is 10.00. The van der Waals surface area contributed by atoms with Crippen molar-refractivity contribution in [2.45, 2.75) is 13.1 Å². The van der Waals surface area contributed by atoms with Gasteiger partial charge >= 0.3 is 0 Å². The summed E-state index contributed by atoms with van der Waals surface area (Å²) in [6.45, 7) is 5.06. The molecule has 0 saturated carbocycles. The minimum absolute atomic E-state index is 1.15. The third-order valence-electron chi connectivity index (χ3n) is 10.8. The van der Waals surface area contributed by atoms with Gasteiger partial charge in [-0.1, -0.05) is 140 Å². The largest absolute Gasteiger partial charge is 0.310 e. The smallest absolute Gasteiger partial charge is 0.114 e. The van der Waals surface area contributed by atoms with Crippen molar-refractivity contribution in [1.82, 2.24) is 0 Å². The molecule has 0 unspecified atom stereocenters. The van der Waals surface area contributed by atoms with Crippen molar-refractivity contribution in [2.75, 3.05) is 4.90 Å². The monoisotopic (exact) mass is 685 g/mol. The van der Waals surface area contributed by atoms with Crippen molar-refractivity contribution in [3.05, 3.63) is 176 Å². The molecule has 2 heterocycles. The Kier molecular flexibility index (Phi) is 6.89. The molecule has 0 fully saturated rings. The summed E-state index contributed by atoms with van der Waals surface area (Å²) < 4.78 is 2.79. The first-order valence-electron chi connectivity index (χ1n) is 17.7. The maximum Gasteiger partial charge on any atom is 0.114 e. The molecule has 51 heavy (non-hydrogen) atoms. The van der Waals surface area contributed by atoms with E-state index in [0.717, 1.165) is 11.4 Å². The third kappa shape index (κ3) is 4.88. The number of hydrogen-bond acceptors (Lipinski definition) is 2. The van der Waals surface area contributed by atoms with Crippen LogP contribution in [0.2, 0.25) is 13.1 Å². The number of rotatable bonds is 5. The van der Waals surface area contributed by atoms with E-state index in [0.29, 0.717) is 0 Å². The van der Waals surface area contributed by atoms with Gasteiger partial charge in [0.25, 0.3) is 0 Å². The molecule has 0 radical (unpaired) electrons. The van der Waals surface area contributed by atoms with Crippen LogP contribution in [0.15, 0.2) is 176 Å². The molecule has 0 atom stereocenters. The van der Waals surface area contributed by atoms with Crippen molar-refractivity contribution in [2.24, 2.45) is 0 Å². The molecule has 0 N–H and O–H groups in total. The van der Waals surface area contributed by atoms with Gasteiger partial charge in [0.2, 0.25) is 0 Å². The summed E-state index contributed by atoms with van der Waals surface area (Å²) in [5.41, 5.74) is 11.2. The zero-order valence-corrected chi connectivity index (χ0v) is 30.4. The molecule has 9 aromatic rings. The number of benzene rings is 8. The molecule has 1 aliphatic heterocycles. The van der Waals surface area contributed by atoms with Crippen LogP contribution in [0.25, 0.3) is 64.3 Å². The first-order valence-corrected chi connectivity index (χ1v) is 21.5. The summed E-state index contributed by atoms with van der Waals surface area (Å²) in [7, 11) is -1.99. The topological polar surface area (TPSA) is 3.24 Å². The lowest BCUT2D eigenvalue weighted by Gasteiger charge is -2.28. The summed E-state index contributed by atoms with van der Waals surface area (Å²) >= 11 is 1.95. The Morgan fingerprint density at radius 3 is 1.96 bits per heavy atom. The van der Waals surface area contributed by atoms with Crippen LogP contribution in [0.4, 0.5) is 17.1 Å². The van der Waals surface area contributed by atoms with Gasteiger partial charge in [0, 0.05) is 37.2 Å². The van der Waals surface area contributed by atoms with Gasteiger partial charge in [-0.15, -0.1) is 11.3 Å². The Balaban J connectivity index is 1.14. The number of nitrogens with zero attached hydrogens (tertiary/aromatic N) is 1. The molecule has 0 bridgehead atoms. The molecule has 1 nitrogen and oxygen atoms in total. The molecule has 1 aliphatic rings. The van der Waals surface area contributed by atoms with Crippen LogP contribution in [0.1, 0.15) is 0 Å². The van der Waals surface area contributed by atoms with E-state index in [9.17, 15) is 0 Å². The summed E-state index contributed by atoms with van der Waals surface area (Å²) in [5, 5.41) is 8.31. The lowest BCUT2D eigenvalue weighted by molar-refractivity contribution is 1.29. The first kappa shape index (κ1) is 30.1. The van der Waals surface area contributed by atoms with E-state index >= 15 is 0 Å². The standard InChI is InChI=1S/C48H35NSSi/c1-51(2)45-28-27-42-41-17-8-9-18-44(41)50-48(42)47(45)43-26-25-40(31-46(43)51)49(38-23-21-34(22-24-38)32-11-4-3-5-12-32)39-16-10-15-36(30-39)37-20-19-33-13-6-7-14-35(33)29-37/h3-31H,1-2H3. The van der Waals surface area contributed by atoms with Gasteiger partial charge in [0.1, 0.15) is 8.07 Å². The van der Waals surface area contributed by atoms with Crippen molar-refractivity contribution < 1.29 is 0 Å². The predicted octanol–water partition coefficient (Wildman–Crippen LogP) is 12.8. The van der Waals surface area contributed by atoms with E-state index in [2.05, 4.69) is 194 Å². The van der Waals surface area contributed by atoms with Crippen LogP contribution in [0, 0.1) is 0 Å². The SMILES string of the molecule is C[Si]1(C)c2cc(N(c3ccc(-c4ccccc4)cc3)c3cccc(-c4ccc5ccccc5c4)c3)ccc2-c2c1ccc1c2sc2ccccc21. The van der Waals surface area contributed by atoms with E-state index in [1.54, 1.807) is 5.19 Å². The maximum atomic E-state index is 2.53. The van der Waals surface area contributed by atoms with Crippen LogP contribution in [0.3, 0.4) is 0 Å². The molecule has 242 valence electrons. The van der Waals surface area contributed by atoms with E-state index < -0.39 is 8.07 Å². The van der Waals surface area contributed by atoms with Gasteiger partial charge in [0.05, 0.1) is 0 Å². The number of hydrogen-bond donors (Lipinski definition) is 0. The second-order valence-electron chi connectivity index (χ2n) is 14.2. The number of fused-ring (bicyclic) bond motifs is 8. The van der Waals surface area contributed by atoms with Gasteiger partial charge in [0.15, 0.2) is 0 Å². The van der Waals surface area contributed by atoms with Gasteiger partial charge < -0.3 is 4.90 Å². The zero-order valence-electron chi connectivity index (χ0n) is 28.6. The third-order valence-corrected chi connectivity index (χ3v) is 15.6. The number of thiophene rings is 1. The second-order valence-corrected chi connectivity index (χ2v) is 19.6. The summed E-state index contributed by atoms with van der Waals surface area (Å²) in [5.74, 6) is 0. The Bertz CT molecular complexity index is 2780. The van der Waals surface area contributed by atoms with Crippen LogP contribution < -0.4 is 15.3 Å². The average Bonchev–Trinajstić information content (AvgIpc) is 3.67. The van der Waals surface area contributed by atoms with Crippen LogP contribution >= 0.6 is 11.3 Å². The molecular weight excluding hydrogens is 651 g/mol. The summed E-state index contributed by atoms with van der Waals surface area (Å²) in [4.78, 5) is 2.45. The minimum atomic E-state index is -1.99. The fourth-order valence-electron chi connectivity index (χ4n) is 8.20. The Morgan fingerprint density at radius 1 is 0.431 bits per heavy atom. The van der Waals surface area contributed by atoms with Gasteiger partial charge in [-0.2, -0.15) is 0 Å². The molecule has 0 amide bonds. The summed E-state index contributed by atoms with van der Waals surface area (Å²) in [6.07, 6.45) is 0. The minimum Gasteiger partial charge on any atom is -0.310 e. The Labute approximate surface area is 303 Å². The highest BCUT2D eigenvalue weighted by molar-refractivity contribution is 7.26. The second kappa shape index (κ2) is 11.7. The quantitative estimate of drug-likeness (QED) is 0.163. The zero-order chi connectivity index (χ0) is 34.1. The molecule has 3 heteroatoms. The lowest BCUT2D eigenvalue weighted by Crippen LogP contribution is -2.49. The molecule has 0 saturated heterocycles. The van der Waals surface area contributed by atoms with Crippen molar-refractivity contribution in [3.63, 3.8) is 0 Å². The highest BCUT2D eigenvalue weighted by Crippen LogP contribution is 2.44. The van der Waals surface area contributed by atoms with Crippen LogP contribution in [0.5, 0.6) is 0 Å².